The molecule has 2 rings (SSSR count). The molecule has 0 aliphatic rings. The first-order valence-corrected chi connectivity index (χ1v) is 8.32. The summed E-state index contributed by atoms with van der Waals surface area (Å²) in [4.78, 5) is 22.4. The number of hydrogen-bond donors (Lipinski definition) is 3. The third kappa shape index (κ3) is 4.86. The van der Waals surface area contributed by atoms with Crippen LogP contribution in [0.2, 0.25) is 0 Å². The molecule has 10 heteroatoms. The lowest BCUT2D eigenvalue weighted by Gasteiger charge is -2.11. The molecule has 1 atom stereocenters. The number of rotatable bonds is 6. The van der Waals surface area contributed by atoms with E-state index in [1.807, 2.05) is 37.4 Å². The van der Waals surface area contributed by atoms with Gasteiger partial charge in [0.15, 0.2) is 5.82 Å². The molecule has 0 saturated carbocycles. The summed E-state index contributed by atoms with van der Waals surface area (Å²) in [5.74, 6) is 6.55. The van der Waals surface area contributed by atoms with Gasteiger partial charge in [-0.2, -0.15) is 0 Å². The van der Waals surface area contributed by atoms with E-state index in [9.17, 15) is 9.59 Å². The second kappa shape index (κ2) is 7.88. The van der Waals surface area contributed by atoms with Gasteiger partial charge < -0.3 is 16.3 Å². The number of carbonyl (C=O) groups excluding carboxylic acids is 2. The Hall–Kier alpha value is -2.75. The maximum atomic E-state index is 11.7. The van der Waals surface area contributed by atoms with E-state index in [0.717, 1.165) is 28.6 Å². The Labute approximate surface area is 149 Å². The highest BCUT2D eigenvalue weighted by Gasteiger charge is 2.20. The van der Waals surface area contributed by atoms with Crippen LogP contribution in [0.15, 0.2) is 23.4 Å². The number of urea groups is 1. The van der Waals surface area contributed by atoms with Crippen LogP contribution in [-0.4, -0.2) is 32.1 Å². The zero-order valence-corrected chi connectivity index (χ0v) is 15.0. The van der Waals surface area contributed by atoms with E-state index in [1.165, 1.54) is 4.68 Å². The van der Waals surface area contributed by atoms with Crippen molar-refractivity contribution in [3.05, 3.63) is 35.2 Å². The number of carbonyl (C=O) groups is 2. The number of hydrogen-bond acceptors (Lipinski definition) is 7. The van der Waals surface area contributed by atoms with Gasteiger partial charge in [-0.1, -0.05) is 29.5 Å². The monoisotopic (exact) mass is 364 g/mol. The second-order valence-corrected chi connectivity index (χ2v) is 6.75. The lowest BCUT2D eigenvalue weighted by molar-refractivity contribution is -0.119. The molecule has 1 heterocycles. The van der Waals surface area contributed by atoms with Gasteiger partial charge in [0.1, 0.15) is 12.4 Å². The first-order valence-electron chi connectivity index (χ1n) is 7.44. The molecule has 0 aliphatic heterocycles. The van der Waals surface area contributed by atoms with Crippen molar-refractivity contribution in [3.63, 3.8) is 0 Å². The van der Waals surface area contributed by atoms with Crippen LogP contribution in [0, 0.1) is 13.8 Å². The van der Waals surface area contributed by atoms with E-state index >= 15 is 0 Å². The van der Waals surface area contributed by atoms with Gasteiger partial charge in [-0.25, -0.2) is 9.47 Å². The van der Waals surface area contributed by atoms with Crippen LogP contribution in [0.5, 0.6) is 5.75 Å². The number of nitrogens with one attached hydrogen (secondary N) is 1. The molecule has 25 heavy (non-hydrogen) atoms. The average Bonchev–Trinajstić information content (AvgIpc) is 2.86. The molecule has 0 spiro atoms. The Bertz CT molecular complexity index is 792. The molecule has 0 fully saturated rings. The third-order valence-corrected chi connectivity index (χ3v) is 4.38. The van der Waals surface area contributed by atoms with Crippen molar-refractivity contribution in [2.24, 2.45) is 5.73 Å². The van der Waals surface area contributed by atoms with E-state index in [0.29, 0.717) is 11.0 Å². The molecule has 9 nitrogen and oxygen atoms in total. The number of primary amides is 1. The molecule has 0 unspecified atom stereocenters. The van der Waals surface area contributed by atoms with Crippen molar-refractivity contribution in [1.29, 1.82) is 0 Å². The van der Waals surface area contributed by atoms with Gasteiger partial charge in [-0.05, 0) is 32.4 Å². The Morgan fingerprint density at radius 2 is 2.08 bits per heavy atom. The molecule has 3 amide bonds. The molecule has 1 aromatic heterocycles. The number of imide groups is 1. The zero-order valence-electron chi connectivity index (χ0n) is 14.1. The van der Waals surface area contributed by atoms with Gasteiger partial charge in [-0.3, -0.25) is 10.1 Å². The zero-order chi connectivity index (χ0) is 18.6. The molecule has 5 N–H and O–H groups in total. The van der Waals surface area contributed by atoms with Crippen molar-refractivity contribution < 1.29 is 14.3 Å². The van der Waals surface area contributed by atoms with Crippen LogP contribution in [0.4, 0.5) is 4.79 Å². The summed E-state index contributed by atoms with van der Waals surface area (Å²) in [7, 11) is 0. The second-order valence-electron chi connectivity index (χ2n) is 5.44. The predicted molar refractivity (Wildman–Crippen MR) is 93.5 cm³/mol. The van der Waals surface area contributed by atoms with E-state index in [-0.39, 0.29) is 6.61 Å². The Balaban J connectivity index is 2.00. The fraction of sp³-hybridized carbons (Fsp3) is 0.333. The maximum absolute atomic E-state index is 11.7. The Morgan fingerprint density at radius 3 is 2.72 bits per heavy atom. The van der Waals surface area contributed by atoms with E-state index in [1.54, 1.807) is 6.92 Å². The number of aromatic nitrogens is 3. The van der Waals surface area contributed by atoms with Gasteiger partial charge in [0, 0.05) is 0 Å². The molecule has 2 aromatic rings. The molecule has 0 bridgehead atoms. The van der Waals surface area contributed by atoms with E-state index in [2.05, 4.69) is 10.2 Å². The standard InChI is InChI=1S/C15H20N6O3S/c1-8-4-5-11(9(2)6-8)24-7-12-19-20-15(21(12)17)25-10(3)13(22)18-14(16)23/h4-6,10H,7,17H2,1-3H3,(H3,16,18,22,23)/t10-/m0/s1. The van der Waals surface area contributed by atoms with Crippen molar-refractivity contribution in [1.82, 2.24) is 20.2 Å². The lowest BCUT2D eigenvalue weighted by Crippen LogP contribution is -2.39. The number of nitrogens with zero attached hydrogens (tertiary/aromatic N) is 3. The highest BCUT2D eigenvalue weighted by atomic mass is 32.2. The van der Waals surface area contributed by atoms with Crippen molar-refractivity contribution in [3.8, 4) is 5.75 Å². The van der Waals surface area contributed by atoms with Crippen LogP contribution in [-0.2, 0) is 11.4 Å². The van der Waals surface area contributed by atoms with Crippen LogP contribution in [0.3, 0.4) is 0 Å². The number of aryl methyl sites for hydroxylation is 2. The maximum Gasteiger partial charge on any atom is 0.318 e. The van der Waals surface area contributed by atoms with Gasteiger partial charge >= 0.3 is 6.03 Å². The first kappa shape index (κ1) is 18.6. The fourth-order valence-corrected chi connectivity index (χ4v) is 2.81. The van der Waals surface area contributed by atoms with Crippen molar-refractivity contribution >= 4 is 23.7 Å². The van der Waals surface area contributed by atoms with Crippen LogP contribution in [0.25, 0.3) is 0 Å². The smallest absolute Gasteiger partial charge is 0.318 e. The topological polar surface area (TPSA) is 138 Å². The normalized spacial score (nSPS) is 11.8. The fourth-order valence-electron chi connectivity index (χ4n) is 2.02. The molecule has 1 aromatic carbocycles. The van der Waals surface area contributed by atoms with Crippen molar-refractivity contribution in [2.75, 3.05) is 5.84 Å². The Morgan fingerprint density at radius 1 is 1.36 bits per heavy atom. The number of nitrogens with two attached hydrogens (primary N) is 2. The third-order valence-electron chi connectivity index (χ3n) is 3.32. The highest BCUT2D eigenvalue weighted by molar-refractivity contribution is 8.00. The number of benzene rings is 1. The minimum absolute atomic E-state index is 0.135. The summed E-state index contributed by atoms with van der Waals surface area (Å²) >= 11 is 1.06. The lowest BCUT2D eigenvalue weighted by atomic mass is 10.1. The summed E-state index contributed by atoms with van der Waals surface area (Å²) in [6.07, 6.45) is 0. The van der Waals surface area contributed by atoms with Gasteiger partial charge in [0.2, 0.25) is 11.1 Å². The average molecular weight is 364 g/mol. The van der Waals surface area contributed by atoms with Gasteiger partial charge in [0.05, 0.1) is 5.25 Å². The van der Waals surface area contributed by atoms with Crippen molar-refractivity contribution in [2.45, 2.75) is 37.8 Å². The van der Waals surface area contributed by atoms with E-state index < -0.39 is 17.2 Å². The summed E-state index contributed by atoms with van der Waals surface area (Å²) in [6, 6.07) is 4.95. The minimum Gasteiger partial charge on any atom is -0.485 e. The first-order chi connectivity index (χ1) is 11.8. The summed E-state index contributed by atoms with van der Waals surface area (Å²) < 4.78 is 6.98. The quantitative estimate of drug-likeness (QED) is 0.510. The van der Waals surface area contributed by atoms with E-state index in [4.69, 9.17) is 16.3 Å². The predicted octanol–water partition coefficient (Wildman–Crippen LogP) is 0.863. The molecule has 0 saturated heterocycles. The number of nitrogen functional groups attached to an aromatic ring is 1. The SMILES string of the molecule is Cc1ccc(OCc2nnc(S[C@@H](C)C(=O)NC(N)=O)n2N)c(C)c1. The molecule has 134 valence electrons. The minimum atomic E-state index is -0.908. The van der Waals surface area contributed by atoms with Crippen LogP contribution >= 0.6 is 11.8 Å². The molecule has 0 radical (unpaired) electrons. The largest absolute Gasteiger partial charge is 0.485 e. The number of amides is 3. The van der Waals surface area contributed by atoms with Crippen LogP contribution in [0.1, 0.15) is 23.9 Å². The molecular formula is C15H20N6O3S. The molecular weight excluding hydrogens is 344 g/mol. The summed E-state index contributed by atoms with van der Waals surface area (Å²) in [5, 5.41) is 9.62. The summed E-state index contributed by atoms with van der Waals surface area (Å²) in [6.45, 7) is 5.70. The Kier molecular flexibility index (Phi) is 5.86. The van der Waals surface area contributed by atoms with Crippen LogP contribution < -0.4 is 21.6 Å². The number of ether oxygens (including phenoxy) is 1. The molecule has 0 aliphatic carbocycles. The highest BCUT2D eigenvalue weighted by Crippen LogP contribution is 2.22. The van der Waals surface area contributed by atoms with Gasteiger partial charge in [0.25, 0.3) is 0 Å². The van der Waals surface area contributed by atoms with Gasteiger partial charge in [-0.15, -0.1) is 10.2 Å². The number of thioether (sulfide) groups is 1. The summed E-state index contributed by atoms with van der Waals surface area (Å²) in [5.41, 5.74) is 7.08.